The van der Waals surface area contributed by atoms with Crippen LogP contribution in [0.5, 0.6) is 0 Å². The Morgan fingerprint density at radius 1 is 1.06 bits per heavy atom. The highest BCUT2D eigenvalue weighted by Gasteiger charge is 2.31. The summed E-state index contributed by atoms with van der Waals surface area (Å²) < 4.78 is 40.5. The largest absolute Gasteiger partial charge is 0.345 e. The summed E-state index contributed by atoms with van der Waals surface area (Å²) in [6.45, 7) is 5.93. The van der Waals surface area contributed by atoms with Gasteiger partial charge in [0.2, 0.25) is 10.0 Å². The lowest BCUT2D eigenvalue weighted by atomic mass is 10.0. The number of halogens is 2. The van der Waals surface area contributed by atoms with Crippen molar-refractivity contribution >= 4 is 38.1 Å². The van der Waals surface area contributed by atoms with Crippen LogP contribution < -0.4 is 4.90 Å². The molecule has 0 amide bonds. The third-order valence-corrected chi connectivity index (χ3v) is 8.85. The number of thiazole rings is 1. The molecule has 0 saturated carbocycles. The van der Waals surface area contributed by atoms with E-state index in [0.29, 0.717) is 26.2 Å². The Morgan fingerprint density at radius 3 is 2.48 bits per heavy atom. The number of anilines is 1. The number of aryl methyl sites for hydroxylation is 2. The van der Waals surface area contributed by atoms with Crippen LogP contribution >= 0.6 is 22.9 Å². The summed E-state index contributed by atoms with van der Waals surface area (Å²) in [7, 11) is -3.77. The van der Waals surface area contributed by atoms with Crippen molar-refractivity contribution in [2.45, 2.75) is 25.2 Å². The van der Waals surface area contributed by atoms with Crippen LogP contribution in [0.2, 0.25) is 5.02 Å². The van der Waals surface area contributed by atoms with Crippen LogP contribution in [-0.4, -0.2) is 43.9 Å². The summed E-state index contributed by atoms with van der Waals surface area (Å²) in [5.41, 5.74) is 4.78. The van der Waals surface area contributed by atoms with E-state index in [2.05, 4.69) is 42.3 Å². The number of aromatic nitrogens is 1. The van der Waals surface area contributed by atoms with E-state index in [-0.39, 0.29) is 9.92 Å². The maximum atomic E-state index is 13.3. The Bertz CT molecular complexity index is 1210. The second-order valence-corrected chi connectivity index (χ2v) is 10.8. The average molecular weight is 480 g/mol. The van der Waals surface area contributed by atoms with Crippen LogP contribution in [0.1, 0.15) is 22.4 Å². The molecule has 0 unspecified atom stereocenters. The van der Waals surface area contributed by atoms with Gasteiger partial charge in [0.1, 0.15) is 10.7 Å². The molecule has 5 nitrogen and oxygen atoms in total. The van der Waals surface area contributed by atoms with Crippen molar-refractivity contribution in [3.63, 3.8) is 0 Å². The molecule has 0 radical (unpaired) electrons. The fraction of sp³-hybridized carbons (Fsp3) is 0.318. The molecule has 1 aliphatic rings. The molecule has 0 atom stereocenters. The van der Waals surface area contributed by atoms with Gasteiger partial charge in [0.25, 0.3) is 0 Å². The first-order valence-electron chi connectivity index (χ1n) is 9.95. The second-order valence-electron chi connectivity index (χ2n) is 7.68. The Morgan fingerprint density at radius 2 is 1.81 bits per heavy atom. The SMILES string of the molecule is Cc1ccc(Cc2csc(N3CCN(S(=O)(=O)c4ccc(F)cc4Cl)CC3)n2)cc1C. The van der Waals surface area contributed by atoms with E-state index in [1.165, 1.54) is 27.1 Å². The maximum Gasteiger partial charge on any atom is 0.244 e. The van der Waals surface area contributed by atoms with Gasteiger partial charge in [-0.2, -0.15) is 4.31 Å². The van der Waals surface area contributed by atoms with Gasteiger partial charge in [-0.15, -0.1) is 11.3 Å². The van der Waals surface area contributed by atoms with E-state index in [1.54, 1.807) is 11.3 Å². The summed E-state index contributed by atoms with van der Waals surface area (Å²) in [6.07, 6.45) is 0.773. The Labute approximate surface area is 191 Å². The smallest absolute Gasteiger partial charge is 0.244 e. The molecule has 2 aromatic carbocycles. The molecule has 0 spiro atoms. The molecule has 1 saturated heterocycles. The summed E-state index contributed by atoms with van der Waals surface area (Å²) in [5.74, 6) is -0.561. The molecule has 1 aliphatic heterocycles. The molecule has 1 fully saturated rings. The molecular weight excluding hydrogens is 457 g/mol. The number of nitrogens with zero attached hydrogens (tertiary/aromatic N) is 3. The van der Waals surface area contributed by atoms with E-state index in [4.69, 9.17) is 16.6 Å². The zero-order chi connectivity index (χ0) is 22.2. The van der Waals surface area contributed by atoms with Crippen LogP contribution in [0.3, 0.4) is 0 Å². The summed E-state index contributed by atoms with van der Waals surface area (Å²) in [5, 5.41) is 2.86. The Hall–Kier alpha value is -2.00. The minimum Gasteiger partial charge on any atom is -0.345 e. The molecule has 0 aliphatic carbocycles. The molecule has 2 heterocycles. The number of benzene rings is 2. The lowest BCUT2D eigenvalue weighted by molar-refractivity contribution is 0.384. The lowest BCUT2D eigenvalue weighted by Gasteiger charge is -2.33. The monoisotopic (exact) mass is 479 g/mol. The van der Waals surface area contributed by atoms with E-state index in [9.17, 15) is 12.8 Å². The van der Waals surface area contributed by atoms with E-state index < -0.39 is 15.8 Å². The first-order valence-corrected chi connectivity index (χ1v) is 12.6. The van der Waals surface area contributed by atoms with Gasteiger partial charge >= 0.3 is 0 Å². The van der Waals surface area contributed by atoms with Gasteiger partial charge < -0.3 is 4.90 Å². The fourth-order valence-corrected chi connectivity index (χ4v) is 6.39. The van der Waals surface area contributed by atoms with Crippen LogP contribution in [0.15, 0.2) is 46.7 Å². The third kappa shape index (κ3) is 4.77. The summed E-state index contributed by atoms with van der Waals surface area (Å²) >= 11 is 7.56. The van der Waals surface area contributed by atoms with E-state index >= 15 is 0 Å². The zero-order valence-corrected chi connectivity index (χ0v) is 19.7. The minimum absolute atomic E-state index is 0.0612. The van der Waals surface area contributed by atoms with Gasteiger partial charge in [-0.25, -0.2) is 17.8 Å². The highest BCUT2D eigenvalue weighted by Crippen LogP contribution is 2.28. The number of hydrogen-bond donors (Lipinski definition) is 0. The third-order valence-electron chi connectivity index (χ3n) is 5.52. The normalized spacial score (nSPS) is 15.4. The van der Waals surface area contributed by atoms with Crippen molar-refractivity contribution < 1.29 is 12.8 Å². The van der Waals surface area contributed by atoms with Gasteiger partial charge in [-0.1, -0.05) is 29.8 Å². The van der Waals surface area contributed by atoms with Gasteiger partial charge in [0.05, 0.1) is 10.7 Å². The number of piperazine rings is 1. The molecule has 0 N–H and O–H groups in total. The second kappa shape index (κ2) is 8.86. The molecule has 31 heavy (non-hydrogen) atoms. The summed E-state index contributed by atoms with van der Waals surface area (Å²) in [6, 6.07) is 9.81. The maximum absolute atomic E-state index is 13.3. The number of rotatable bonds is 5. The van der Waals surface area contributed by atoms with Crippen molar-refractivity contribution in [1.29, 1.82) is 0 Å². The van der Waals surface area contributed by atoms with Crippen LogP contribution in [0.25, 0.3) is 0 Å². The van der Waals surface area contributed by atoms with E-state index in [0.717, 1.165) is 29.4 Å². The Balaban J connectivity index is 1.41. The lowest BCUT2D eigenvalue weighted by Crippen LogP contribution is -2.48. The molecule has 1 aromatic heterocycles. The van der Waals surface area contributed by atoms with Gasteiger partial charge in [-0.3, -0.25) is 0 Å². The van der Waals surface area contributed by atoms with Gasteiger partial charge in [0.15, 0.2) is 5.13 Å². The van der Waals surface area contributed by atoms with Crippen molar-refractivity contribution in [3.05, 3.63) is 75.0 Å². The Kier molecular flexibility index (Phi) is 6.35. The first kappa shape index (κ1) is 22.2. The van der Waals surface area contributed by atoms with Crippen molar-refractivity contribution in [2.24, 2.45) is 0 Å². The predicted molar refractivity (Wildman–Crippen MR) is 123 cm³/mol. The molecular formula is C22H23ClFN3O2S2. The van der Waals surface area contributed by atoms with E-state index in [1.807, 2.05) is 0 Å². The number of hydrogen-bond acceptors (Lipinski definition) is 5. The molecule has 4 rings (SSSR count). The van der Waals surface area contributed by atoms with Gasteiger partial charge in [0, 0.05) is 38.0 Å². The van der Waals surface area contributed by atoms with Crippen molar-refractivity contribution in [1.82, 2.24) is 9.29 Å². The van der Waals surface area contributed by atoms with Crippen LogP contribution in [0, 0.1) is 19.7 Å². The quantitative estimate of drug-likeness (QED) is 0.534. The summed E-state index contributed by atoms with van der Waals surface area (Å²) in [4.78, 5) is 6.81. The molecule has 3 aromatic rings. The number of sulfonamides is 1. The molecule has 164 valence electrons. The van der Waals surface area contributed by atoms with Crippen LogP contribution in [-0.2, 0) is 16.4 Å². The molecule has 0 bridgehead atoms. The average Bonchev–Trinajstić information content (AvgIpc) is 3.19. The zero-order valence-electron chi connectivity index (χ0n) is 17.3. The highest BCUT2D eigenvalue weighted by molar-refractivity contribution is 7.89. The highest BCUT2D eigenvalue weighted by atomic mass is 35.5. The predicted octanol–water partition coefficient (Wildman–Crippen LogP) is 4.65. The fourth-order valence-electron chi connectivity index (χ4n) is 3.59. The van der Waals surface area contributed by atoms with Crippen molar-refractivity contribution in [2.75, 3.05) is 31.1 Å². The standard InChI is InChI=1S/C22H23ClFN3O2S2/c1-15-3-4-17(11-16(15)2)12-19-14-30-22(25-19)26-7-9-27(10-8-26)31(28,29)21-6-5-18(24)13-20(21)23/h3-6,11,13-14H,7-10,12H2,1-2H3. The van der Waals surface area contributed by atoms with Gasteiger partial charge in [-0.05, 0) is 48.7 Å². The van der Waals surface area contributed by atoms with Crippen molar-refractivity contribution in [3.8, 4) is 0 Å². The topological polar surface area (TPSA) is 53.5 Å². The molecule has 9 heteroatoms. The first-order chi connectivity index (χ1) is 14.7. The van der Waals surface area contributed by atoms with Crippen LogP contribution in [0.4, 0.5) is 9.52 Å². The minimum atomic E-state index is -3.77.